The molecule has 138 valence electrons. The van der Waals surface area contributed by atoms with Crippen molar-refractivity contribution in [3.63, 3.8) is 0 Å². The quantitative estimate of drug-likeness (QED) is 0.894. The summed E-state index contributed by atoms with van der Waals surface area (Å²) in [6.07, 6.45) is 5.15. The average Bonchev–Trinajstić information content (AvgIpc) is 3.28. The highest BCUT2D eigenvalue weighted by Gasteiger charge is 2.23. The topological polar surface area (TPSA) is 73.2 Å². The molecule has 26 heavy (non-hydrogen) atoms. The molecule has 3 heterocycles. The van der Waals surface area contributed by atoms with E-state index in [1.807, 2.05) is 19.9 Å². The van der Waals surface area contributed by atoms with Gasteiger partial charge in [-0.25, -0.2) is 4.98 Å². The van der Waals surface area contributed by atoms with Crippen LogP contribution in [0, 0.1) is 13.8 Å². The van der Waals surface area contributed by atoms with E-state index in [1.54, 1.807) is 4.57 Å². The van der Waals surface area contributed by atoms with Gasteiger partial charge in [0.05, 0.1) is 18.3 Å². The predicted octanol–water partition coefficient (Wildman–Crippen LogP) is 2.84. The molecule has 1 aliphatic carbocycles. The molecule has 2 aromatic heterocycles. The van der Waals surface area contributed by atoms with E-state index in [2.05, 4.69) is 10.3 Å². The predicted molar refractivity (Wildman–Crippen MR) is 101 cm³/mol. The normalized spacial score (nSPS) is 18.9. The molecule has 2 aliphatic rings. The highest BCUT2D eigenvalue weighted by molar-refractivity contribution is 7.16. The van der Waals surface area contributed by atoms with Gasteiger partial charge in [-0.15, -0.1) is 11.3 Å². The van der Waals surface area contributed by atoms with Gasteiger partial charge < -0.3 is 9.30 Å². The van der Waals surface area contributed by atoms with Crippen molar-refractivity contribution >= 4 is 22.4 Å². The van der Waals surface area contributed by atoms with Crippen LogP contribution < -0.4 is 10.9 Å². The Labute approximate surface area is 156 Å². The molecule has 0 unspecified atom stereocenters. The van der Waals surface area contributed by atoms with Crippen molar-refractivity contribution in [2.75, 3.05) is 11.9 Å². The summed E-state index contributed by atoms with van der Waals surface area (Å²) in [4.78, 5) is 31.5. The molecular formula is C19H23N3O3S. The summed E-state index contributed by atoms with van der Waals surface area (Å²) in [5.41, 5.74) is 2.58. The summed E-state index contributed by atoms with van der Waals surface area (Å²) in [5, 5.41) is 3.42. The Balaban J connectivity index is 1.61. The number of anilines is 1. The molecular weight excluding hydrogens is 350 g/mol. The van der Waals surface area contributed by atoms with Crippen molar-refractivity contribution < 1.29 is 9.53 Å². The number of amides is 1. The summed E-state index contributed by atoms with van der Waals surface area (Å²) >= 11 is 1.52. The van der Waals surface area contributed by atoms with E-state index < -0.39 is 0 Å². The number of aryl methyl sites for hydroxylation is 4. The van der Waals surface area contributed by atoms with Gasteiger partial charge in [0.25, 0.3) is 11.5 Å². The fourth-order valence-corrected chi connectivity index (χ4v) is 4.87. The van der Waals surface area contributed by atoms with Crippen molar-refractivity contribution in [1.82, 2.24) is 9.55 Å². The second kappa shape index (κ2) is 6.96. The molecule has 1 N–H and O–H groups in total. The first kappa shape index (κ1) is 17.4. The molecule has 0 aromatic carbocycles. The third kappa shape index (κ3) is 3.21. The highest BCUT2D eigenvalue weighted by atomic mass is 32.1. The van der Waals surface area contributed by atoms with Crippen LogP contribution in [0.25, 0.3) is 0 Å². The molecule has 1 atom stereocenters. The van der Waals surface area contributed by atoms with Crippen molar-refractivity contribution in [3.8, 4) is 0 Å². The van der Waals surface area contributed by atoms with Gasteiger partial charge in [-0.1, -0.05) is 0 Å². The largest absolute Gasteiger partial charge is 0.376 e. The number of nitrogens with one attached hydrogen (secondary N) is 1. The fourth-order valence-electron chi connectivity index (χ4n) is 3.83. The number of thiazole rings is 1. The van der Waals surface area contributed by atoms with Gasteiger partial charge in [0.15, 0.2) is 5.13 Å². The lowest BCUT2D eigenvalue weighted by molar-refractivity contribution is 0.0947. The van der Waals surface area contributed by atoms with Crippen LogP contribution in [-0.2, 0) is 24.1 Å². The maximum absolute atomic E-state index is 13.0. The van der Waals surface area contributed by atoms with Crippen molar-refractivity contribution in [3.05, 3.63) is 43.8 Å². The molecule has 1 amide bonds. The van der Waals surface area contributed by atoms with Crippen LogP contribution in [0.2, 0.25) is 0 Å². The summed E-state index contributed by atoms with van der Waals surface area (Å²) in [6, 6.07) is 1.90. The number of pyridine rings is 1. The number of aromatic nitrogens is 2. The van der Waals surface area contributed by atoms with Crippen LogP contribution in [-0.4, -0.2) is 28.2 Å². The first-order valence-corrected chi connectivity index (χ1v) is 9.97. The number of rotatable bonds is 4. The maximum Gasteiger partial charge on any atom is 0.263 e. The van der Waals surface area contributed by atoms with Crippen molar-refractivity contribution in [1.29, 1.82) is 0 Å². The van der Waals surface area contributed by atoms with Crippen LogP contribution in [0.1, 0.15) is 51.4 Å². The van der Waals surface area contributed by atoms with Crippen LogP contribution in [0.4, 0.5) is 5.13 Å². The summed E-state index contributed by atoms with van der Waals surface area (Å²) in [5.74, 6) is -0.374. The monoisotopic (exact) mass is 373 g/mol. The van der Waals surface area contributed by atoms with E-state index in [-0.39, 0.29) is 23.1 Å². The molecule has 1 aliphatic heterocycles. The standard InChI is InChI=1S/C19H23N3O3S/c1-11-9-12(2)22(10-13-5-4-8-25-13)18(24)16(11)17(23)21-19-20-14-6-3-7-15(14)26-19/h9,13H,3-8,10H2,1-2H3,(H,20,21,23)/t13-/m0/s1. The van der Waals surface area contributed by atoms with Gasteiger partial charge in [-0.2, -0.15) is 0 Å². The molecule has 4 rings (SSSR count). The smallest absolute Gasteiger partial charge is 0.263 e. The van der Waals surface area contributed by atoms with Gasteiger partial charge in [-0.3, -0.25) is 14.9 Å². The van der Waals surface area contributed by atoms with Gasteiger partial charge in [0.2, 0.25) is 0 Å². The number of hydrogen-bond acceptors (Lipinski definition) is 5. The number of nitrogens with zero attached hydrogens (tertiary/aromatic N) is 2. The highest BCUT2D eigenvalue weighted by Crippen LogP contribution is 2.30. The summed E-state index contributed by atoms with van der Waals surface area (Å²) in [7, 11) is 0. The number of carbonyl (C=O) groups is 1. The molecule has 6 nitrogen and oxygen atoms in total. The van der Waals surface area contributed by atoms with Gasteiger partial charge >= 0.3 is 0 Å². The molecule has 2 aromatic rings. The fraction of sp³-hybridized carbons (Fsp3) is 0.526. The minimum atomic E-state index is -0.374. The second-order valence-electron chi connectivity index (χ2n) is 7.09. The lowest BCUT2D eigenvalue weighted by atomic mass is 10.1. The molecule has 0 bridgehead atoms. The Bertz CT molecular complexity index is 888. The molecule has 7 heteroatoms. The van der Waals surface area contributed by atoms with Crippen LogP contribution in [0.3, 0.4) is 0 Å². The Morgan fingerprint density at radius 2 is 2.23 bits per heavy atom. The average molecular weight is 373 g/mol. The number of carbonyl (C=O) groups excluding carboxylic acids is 1. The lowest BCUT2D eigenvalue weighted by Crippen LogP contribution is -2.34. The third-order valence-electron chi connectivity index (χ3n) is 5.16. The third-order valence-corrected chi connectivity index (χ3v) is 6.23. The van der Waals surface area contributed by atoms with Gasteiger partial charge in [0.1, 0.15) is 5.56 Å². The number of ether oxygens (including phenoxy) is 1. The van der Waals surface area contributed by atoms with E-state index in [1.165, 1.54) is 16.2 Å². The maximum atomic E-state index is 13.0. The molecule has 0 radical (unpaired) electrons. The molecule has 1 saturated heterocycles. The molecule has 1 fully saturated rings. The van der Waals surface area contributed by atoms with E-state index in [0.29, 0.717) is 17.2 Å². The van der Waals surface area contributed by atoms with Crippen LogP contribution >= 0.6 is 11.3 Å². The number of fused-ring (bicyclic) bond motifs is 1. The number of hydrogen-bond donors (Lipinski definition) is 1. The summed E-state index contributed by atoms with van der Waals surface area (Å²) in [6.45, 7) is 4.95. The van der Waals surface area contributed by atoms with Gasteiger partial charge in [-0.05, 0) is 57.6 Å². The van der Waals surface area contributed by atoms with E-state index >= 15 is 0 Å². The Kier molecular flexibility index (Phi) is 4.67. The van der Waals surface area contributed by atoms with E-state index in [4.69, 9.17) is 4.74 Å². The Morgan fingerprint density at radius 3 is 2.96 bits per heavy atom. The van der Waals surface area contributed by atoms with E-state index in [0.717, 1.165) is 50.1 Å². The zero-order valence-corrected chi connectivity index (χ0v) is 15.9. The Hall–Kier alpha value is -1.99. The van der Waals surface area contributed by atoms with Crippen molar-refractivity contribution in [2.45, 2.75) is 58.6 Å². The first-order valence-electron chi connectivity index (χ1n) is 9.15. The zero-order chi connectivity index (χ0) is 18.3. The minimum absolute atomic E-state index is 0.0481. The van der Waals surface area contributed by atoms with Crippen LogP contribution in [0.15, 0.2) is 10.9 Å². The van der Waals surface area contributed by atoms with Crippen molar-refractivity contribution in [2.24, 2.45) is 0 Å². The second-order valence-corrected chi connectivity index (χ2v) is 8.17. The van der Waals surface area contributed by atoms with E-state index in [9.17, 15) is 9.59 Å². The molecule has 0 saturated carbocycles. The Morgan fingerprint density at radius 1 is 1.38 bits per heavy atom. The molecule has 0 spiro atoms. The lowest BCUT2D eigenvalue weighted by Gasteiger charge is -2.17. The minimum Gasteiger partial charge on any atom is -0.376 e. The SMILES string of the molecule is Cc1cc(C)n(C[C@@H]2CCCO2)c(=O)c1C(=O)Nc1nc2c(s1)CCC2. The van der Waals surface area contributed by atoms with Crippen LogP contribution in [0.5, 0.6) is 0 Å². The summed E-state index contributed by atoms with van der Waals surface area (Å²) < 4.78 is 7.33. The first-order chi connectivity index (χ1) is 12.5. The zero-order valence-electron chi connectivity index (χ0n) is 15.1. The van der Waals surface area contributed by atoms with Gasteiger partial charge in [0, 0.05) is 17.2 Å².